The van der Waals surface area contributed by atoms with Crippen LogP contribution in [0.2, 0.25) is 0 Å². The third-order valence-corrected chi connectivity index (χ3v) is 2.98. The van der Waals surface area contributed by atoms with E-state index in [0.717, 1.165) is 24.3 Å². The fourth-order valence-electron chi connectivity index (χ4n) is 1.33. The third-order valence-electron chi connectivity index (χ3n) is 2.08. The van der Waals surface area contributed by atoms with Crippen LogP contribution in [-0.4, -0.2) is 28.7 Å². The van der Waals surface area contributed by atoms with Crippen LogP contribution in [0.25, 0.3) is 0 Å². The largest absolute Gasteiger partial charge is 0.466 e. The molecule has 0 spiro atoms. The second-order valence-electron chi connectivity index (χ2n) is 3.69. The van der Waals surface area contributed by atoms with Crippen molar-refractivity contribution in [3.8, 4) is 0 Å². The first-order valence-corrected chi connectivity index (χ1v) is 6.69. The smallest absolute Gasteiger partial charge is 0.305 e. The number of rotatable bonds is 7. The Labute approximate surface area is 110 Å². The molecule has 0 bridgehead atoms. The highest BCUT2D eigenvalue weighted by Crippen LogP contribution is 2.17. The number of nitrogens with zero attached hydrogens (tertiary/aromatic N) is 2. The van der Waals surface area contributed by atoms with Gasteiger partial charge in [-0.25, -0.2) is 0 Å². The molecule has 0 aliphatic carbocycles. The zero-order chi connectivity index (χ0) is 13.4. The van der Waals surface area contributed by atoms with Crippen LogP contribution in [0.15, 0.2) is 0 Å². The second kappa shape index (κ2) is 7.75. The highest BCUT2D eigenvalue weighted by atomic mass is 32.1. The van der Waals surface area contributed by atoms with Gasteiger partial charge in [0.25, 0.3) is 0 Å². The van der Waals surface area contributed by atoms with E-state index in [1.165, 1.54) is 18.3 Å². The molecule has 0 aliphatic rings. The molecule has 1 heterocycles. The Kier molecular flexibility index (Phi) is 6.27. The maximum Gasteiger partial charge on any atom is 0.305 e. The molecule has 1 aromatic heterocycles. The number of carbonyl (C=O) groups is 2. The van der Waals surface area contributed by atoms with Crippen molar-refractivity contribution >= 4 is 28.3 Å². The minimum atomic E-state index is -0.159. The summed E-state index contributed by atoms with van der Waals surface area (Å²) in [5.41, 5.74) is 0. The molecule has 1 rings (SSSR count). The van der Waals surface area contributed by atoms with E-state index in [4.69, 9.17) is 4.74 Å². The van der Waals surface area contributed by atoms with Gasteiger partial charge in [-0.2, -0.15) is 0 Å². The Morgan fingerprint density at radius 2 is 2.11 bits per heavy atom. The molecular weight excluding hydrogens is 254 g/mol. The summed E-state index contributed by atoms with van der Waals surface area (Å²) < 4.78 is 4.83. The predicted molar refractivity (Wildman–Crippen MR) is 68.4 cm³/mol. The van der Waals surface area contributed by atoms with Crippen molar-refractivity contribution < 1.29 is 14.3 Å². The van der Waals surface area contributed by atoms with Crippen molar-refractivity contribution in [2.45, 2.75) is 39.5 Å². The van der Waals surface area contributed by atoms with Gasteiger partial charge in [0.05, 0.1) is 6.61 Å². The van der Waals surface area contributed by atoms with E-state index in [-0.39, 0.29) is 11.9 Å². The lowest BCUT2D eigenvalue weighted by molar-refractivity contribution is -0.143. The van der Waals surface area contributed by atoms with Gasteiger partial charge in [0.2, 0.25) is 11.0 Å². The standard InChI is InChI=1S/C11H17N3O3S/c1-3-17-10(16)7-5-4-6-9-13-14-11(18-9)12-8(2)15/h3-7H2,1-2H3,(H,12,14,15). The second-order valence-corrected chi connectivity index (χ2v) is 4.76. The zero-order valence-corrected chi connectivity index (χ0v) is 11.4. The number of anilines is 1. The summed E-state index contributed by atoms with van der Waals surface area (Å²) in [6.07, 6.45) is 2.82. The minimum Gasteiger partial charge on any atom is -0.466 e. The number of unbranched alkanes of at least 4 members (excludes halogenated alkanes) is 1. The Bertz CT molecular complexity index is 406. The van der Waals surface area contributed by atoms with Crippen LogP contribution in [-0.2, 0) is 20.7 Å². The Balaban J connectivity index is 2.21. The van der Waals surface area contributed by atoms with Gasteiger partial charge in [-0.1, -0.05) is 11.3 Å². The molecule has 1 N–H and O–H groups in total. The van der Waals surface area contributed by atoms with E-state index in [9.17, 15) is 9.59 Å². The van der Waals surface area contributed by atoms with Crippen molar-refractivity contribution in [3.63, 3.8) is 0 Å². The van der Waals surface area contributed by atoms with E-state index >= 15 is 0 Å². The zero-order valence-electron chi connectivity index (χ0n) is 10.6. The SMILES string of the molecule is CCOC(=O)CCCCc1nnc(NC(C)=O)s1. The Morgan fingerprint density at radius 3 is 2.78 bits per heavy atom. The lowest BCUT2D eigenvalue weighted by Crippen LogP contribution is -2.04. The number of aromatic nitrogens is 2. The van der Waals surface area contributed by atoms with Gasteiger partial charge >= 0.3 is 5.97 Å². The summed E-state index contributed by atoms with van der Waals surface area (Å²) in [6, 6.07) is 0. The summed E-state index contributed by atoms with van der Waals surface area (Å²) in [7, 11) is 0. The molecule has 7 heteroatoms. The van der Waals surface area contributed by atoms with Gasteiger partial charge in [-0.05, 0) is 19.8 Å². The summed E-state index contributed by atoms with van der Waals surface area (Å²) in [5, 5.41) is 11.8. The van der Waals surface area contributed by atoms with Gasteiger partial charge in [0, 0.05) is 19.8 Å². The fourth-order valence-corrected chi connectivity index (χ4v) is 2.16. The van der Waals surface area contributed by atoms with Gasteiger partial charge in [0.1, 0.15) is 5.01 Å². The van der Waals surface area contributed by atoms with Crippen LogP contribution in [0.4, 0.5) is 5.13 Å². The molecule has 0 unspecified atom stereocenters. The topological polar surface area (TPSA) is 81.2 Å². The summed E-state index contributed by atoms with van der Waals surface area (Å²) in [4.78, 5) is 21.9. The fraction of sp³-hybridized carbons (Fsp3) is 0.636. The van der Waals surface area contributed by atoms with Crippen molar-refractivity contribution in [1.82, 2.24) is 10.2 Å². The number of amides is 1. The number of nitrogens with one attached hydrogen (secondary N) is 1. The van der Waals surface area contributed by atoms with Crippen LogP contribution >= 0.6 is 11.3 Å². The lowest BCUT2D eigenvalue weighted by atomic mass is 10.2. The molecule has 0 aliphatic heterocycles. The van der Waals surface area contributed by atoms with E-state index in [0.29, 0.717) is 18.2 Å². The number of esters is 1. The van der Waals surface area contributed by atoms with Crippen molar-refractivity contribution in [2.24, 2.45) is 0 Å². The molecule has 0 radical (unpaired) electrons. The van der Waals surface area contributed by atoms with Crippen LogP contribution in [0, 0.1) is 0 Å². The van der Waals surface area contributed by atoms with E-state index < -0.39 is 0 Å². The molecule has 1 aromatic rings. The van der Waals surface area contributed by atoms with Gasteiger partial charge < -0.3 is 10.1 Å². The van der Waals surface area contributed by atoms with E-state index in [1.807, 2.05) is 0 Å². The van der Waals surface area contributed by atoms with Gasteiger partial charge in [-0.3, -0.25) is 9.59 Å². The quantitative estimate of drug-likeness (QED) is 0.604. The molecule has 0 fully saturated rings. The maximum atomic E-state index is 11.1. The maximum absolute atomic E-state index is 11.1. The molecular formula is C11H17N3O3S. The normalized spacial score (nSPS) is 10.1. The first-order chi connectivity index (χ1) is 8.61. The molecule has 0 saturated carbocycles. The summed E-state index contributed by atoms with van der Waals surface area (Å²) in [6.45, 7) is 3.65. The van der Waals surface area contributed by atoms with Crippen molar-refractivity contribution in [2.75, 3.05) is 11.9 Å². The lowest BCUT2D eigenvalue weighted by Gasteiger charge is -2.00. The first kappa shape index (κ1) is 14.6. The minimum absolute atomic E-state index is 0.153. The van der Waals surface area contributed by atoms with Crippen molar-refractivity contribution in [1.29, 1.82) is 0 Å². The average Bonchev–Trinajstić information content (AvgIpc) is 2.71. The molecule has 100 valence electrons. The summed E-state index contributed by atoms with van der Waals surface area (Å²) in [5.74, 6) is -0.311. The number of hydrogen-bond acceptors (Lipinski definition) is 6. The molecule has 0 saturated heterocycles. The molecule has 0 aromatic carbocycles. The van der Waals surface area contributed by atoms with E-state index in [2.05, 4.69) is 15.5 Å². The molecule has 18 heavy (non-hydrogen) atoms. The summed E-state index contributed by atoms with van der Waals surface area (Å²) >= 11 is 1.36. The van der Waals surface area contributed by atoms with Crippen molar-refractivity contribution in [3.05, 3.63) is 5.01 Å². The highest BCUT2D eigenvalue weighted by Gasteiger charge is 2.06. The molecule has 1 amide bonds. The van der Waals surface area contributed by atoms with Gasteiger partial charge in [-0.15, -0.1) is 10.2 Å². The Morgan fingerprint density at radius 1 is 1.33 bits per heavy atom. The van der Waals surface area contributed by atoms with Crippen LogP contribution in [0.1, 0.15) is 38.1 Å². The number of hydrogen-bond donors (Lipinski definition) is 1. The molecule has 6 nitrogen and oxygen atoms in total. The van der Waals surface area contributed by atoms with Crippen LogP contribution in [0.5, 0.6) is 0 Å². The third kappa shape index (κ3) is 5.72. The van der Waals surface area contributed by atoms with Crippen LogP contribution in [0.3, 0.4) is 0 Å². The number of carbonyl (C=O) groups excluding carboxylic acids is 2. The monoisotopic (exact) mass is 271 g/mol. The Hall–Kier alpha value is -1.50. The first-order valence-electron chi connectivity index (χ1n) is 5.87. The highest BCUT2D eigenvalue weighted by molar-refractivity contribution is 7.15. The number of aryl methyl sites for hydroxylation is 1. The number of ether oxygens (including phenoxy) is 1. The molecule has 0 atom stereocenters. The van der Waals surface area contributed by atoms with E-state index in [1.54, 1.807) is 6.92 Å². The van der Waals surface area contributed by atoms with Gasteiger partial charge in [0.15, 0.2) is 0 Å². The average molecular weight is 271 g/mol. The predicted octanol–water partition coefficient (Wildman–Crippen LogP) is 1.77. The van der Waals surface area contributed by atoms with Crippen LogP contribution < -0.4 is 5.32 Å².